The minimum Gasteiger partial charge on any atom is -0.492 e. The first kappa shape index (κ1) is 26.0. The van der Waals surface area contributed by atoms with Gasteiger partial charge in [-0.15, -0.1) is 0 Å². The molecule has 1 fully saturated rings. The summed E-state index contributed by atoms with van der Waals surface area (Å²) >= 11 is 0. The van der Waals surface area contributed by atoms with E-state index in [1.54, 1.807) is 0 Å². The predicted molar refractivity (Wildman–Crippen MR) is 135 cm³/mol. The first-order valence-corrected chi connectivity index (χ1v) is 12.8. The van der Waals surface area contributed by atoms with Gasteiger partial charge in [0.1, 0.15) is 24.0 Å². The number of hydrogen-bond donors (Lipinski definition) is 3. The highest BCUT2D eigenvalue weighted by molar-refractivity contribution is 5.85. The molecular weight excluding hydrogens is 483 g/mol. The fourth-order valence-corrected chi connectivity index (χ4v) is 5.66. The number of para-hydroxylation sites is 1. The summed E-state index contributed by atoms with van der Waals surface area (Å²) in [5.41, 5.74) is 0.966. The van der Waals surface area contributed by atoms with Gasteiger partial charge in [0.25, 0.3) is 0 Å². The second-order valence-corrected chi connectivity index (χ2v) is 10.8. The van der Waals surface area contributed by atoms with Crippen LogP contribution in [0.15, 0.2) is 36.4 Å². The van der Waals surface area contributed by atoms with Crippen LogP contribution in [0.5, 0.6) is 5.75 Å². The molecule has 3 aromatic rings. The third-order valence-electron chi connectivity index (χ3n) is 7.63. The summed E-state index contributed by atoms with van der Waals surface area (Å²) in [6, 6.07) is 9.16. The number of H-pyrrole nitrogens is 1. The molecule has 2 aliphatic rings. The summed E-state index contributed by atoms with van der Waals surface area (Å²) in [7, 11) is 0. The summed E-state index contributed by atoms with van der Waals surface area (Å²) in [6.45, 7) is 4.82. The first-order valence-electron chi connectivity index (χ1n) is 12.8. The summed E-state index contributed by atoms with van der Waals surface area (Å²) < 4.78 is 49.7. The molecule has 0 bridgehead atoms. The molecule has 9 heteroatoms. The summed E-state index contributed by atoms with van der Waals surface area (Å²) in [5.74, 6) is -1.32. The Balaban J connectivity index is 1.47. The molecular formula is C28H34F3N3O3. The Morgan fingerprint density at radius 3 is 2.54 bits per heavy atom. The molecule has 0 radical (unpaired) electrons. The highest BCUT2D eigenvalue weighted by atomic mass is 19.1. The second kappa shape index (κ2) is 10.3. The SMILES string of the molecule is C[C@@H]1Cc2c([nH]c3ccccc23)[C@@H](c2c(F)cc(OCCN3CC(CF)C3)cc2F)N1C[C@@](C)(O)CO. The minimum atomic E-state index is -1.45. The number of alkyl halides is 1. The molecule has 3 atom stereocenters. The zero-order chi connectivity index (χ0) is 26.3. The van der Waals surface area contributed by atoms with Gasteiger partial charge in [-0.1, -0.05) is 18.2 Å². The number of β-amino-alcohol motifs (C(OH)–C–C–N with tert-alkyl or cyclic N) is 1. The van der Waals surface area contributed by atoms with E-state index in [-0.39, 0.29) is 43.1 Å². The maximum atomic E-state index is 15.7. The molecule has 1 saturated heterocycles. The topological polar surface area (TPSA) is 72.0 Å². The van der Waals surface area contributed by atoms with Crippen molar-refractivity contribution in [3.05, 3.63) is 64.9 Å². The van der Waals surface area contributed by atoms with E-state index in [4.69, 9.17) is 4.74 Å². The zero-order valence-electron chi connectivity index (χ0n) is 21.2. The van der Waals surface area contributed by atoms with Crippen LogP contribution in [0.4, 0.5) is 13.2 Å². The van der Waals surface area contributed by atoms with Crippen LogP contribution in [0.25, 0.3) is 10.9 Å². The van der Waals surface area contributed by atoms with E-state index in [1.165, 1.54) is 19.1 Å². The van der Waals surface area contributed by atoms with Crippen LogP contribution in [0.3, 0.4) is 0 Å². The van der Waals surface area contributed by atoms with E-state index in [9.17, 15) is 14.6 Å². The van der Waals surface area contributed by atoms with Gasteiger partial charge in [-0.3, -0.25) is 14.2 Å². The minimum absolute atomic E-state index is 0.0248. The van der Waals surface area contributed by atoms with Crippen LogP contribution < -0.4 is 4.74 Å². The molecule has 37 heavy (non-hydrogen) atoms. The average Bonchev–Trinajstić information content (AvgIpc) is 3.20. The molecule has 200 valence electrons. The fraction of sp³-hybridized carbons (Fsp3) is 0.500. The van der Waals surface area contributed by atoms with Gasteiger partial charge in [0.15, 0.2) is 0 Å². The van der Waals surface area contributed by atoms with E-state index in [0.717, 1.165) is 16.5 Å². The number of rotatable bonds is 9. The number of benzene rings is 2. The Morgan fingerprint density at radius 2 is 1.86 bits per heavy atom. The van der Waals surface area contributed by atoms with E-state index in [0.29, 0.717) is 31.7 Å². The van der Waals surface area contributed by atoms with Crippen molar-refractivity contribution in [2.45, 2.75) is 38.0 Å². The maximum Gasteiger partial charge on any atom is 0.135 e. The molecule has 2 aliphatic heterocycles. The number of aliphatic hydroxyl groups excluding tert-OH is 1. The molecule has 0 spiro atoms. The fourth-order valence-electron chi connectivity index (χ4n) is 5.66. The lowest BCUT2D eigenvalue weighted by atomic mass is 9.87. The monoisotopic (exact) mass is 517 g/mol. The number of nitrogens with one attached hydrogen (secondary N) is 1. The van der Waals surface area contributed by atoms with Crippen LogP contribution in [0, 0.1) is 17.6 Å². The Bertz CT molecular complexity index is 1230. The van der Waals surface area contributed by atoms with Gasteiger partial charge in [0, 0.05) is 72.4 Å². The van der Waals surface area contributed by atoms with Gasteiger partial charge in [-0.2, -0.15) is 0 Å². The number of likely N-dealkylation sites (tertiary alicyclic amines) is 1. The molecule has 0 amide bonds. The molecule has 1 aromatic heterocycles. The summed E-state index contributed by atoms with van der Waals surface area (Å²) in [6.07, 6.45) is 0.627. The third kappa shape index (κ3) is 5.10. The van der Waals surface area contributed by atoms with Gasteiger partial charge >= 0.3 is 0 Å². The van der Waals surface area contributed by atoms with Gasteiger partial charge in [-0.05, 0) is 31.9 Å². The predicted octanol–water partition coefficient (Wildman–Crippen LogP) is 3.81. The summed E-state index contributed by atoms with van der Waals surface area (Å²) in [5, 5.41) is 21.4. The largest absolute Gasteiger partial charge is 0.492 e. The lowest BCUT2D eigenvalue weighted by Crippen LogP contribution is -2.51. The molecule has 5 rings (SSSR count). The van der Waals surface area contributed by atoms with Crippen molar-refractivity contribution >= 4 is 10.9 Å². The standard InChI is InChI=1S/C28H34F3N3O3/c1-17-9-21-20-5-3-4-6-24(20)32-26(21)27(34(17)15-28(2,36)16-35)25-22(30)10-19(11-23(25)31)37-8-7-33-13-18(12-29)14-33/h3-6,10-11,17-18,27,32,35-36H,7-9,12-16H2,1-2H3/t17-,27-,28-/m1/s1. The first-order chi connectivity index (χ1) is 17.7. The van der Waals surface area contributed by atoms with Crippen molar-refractivity contribution in [3.63, 3.8) is 0 Å². The molecule has 2 aromatic carbocycles. The van der Waals surface area contributed by atoms with Crippen molar-refractivity contribution in [2.75, 3.05) is 46.1 Å². The van der Waals surface area contributed by atoms with Crippen molar-refractivity contribution in [1.82, 2.24) is 14.8 Å². The number of fused-ring (bicyclic) bond motifs is 3. The van der Waals surface area contributed by atoms with Gasteiger partial charge in [-0.25, -0.2) is 8.78 Å². The van der Waals surface area contributed by atoms with Crippen LogP contribution in [0.2, 0.25) is 0 Å². The number of aliphatic hydroxyl groups is 2. The highest BCUT2D eigenvalue weighted by Gasteiger charge is 2.41. The van der Waals surface area contributed by atoms with Crippen molar-refractivity contribution in [3.8, 4) is 5.75 Å². The number of halogens is 3. The molecule has 0 unspecified atom stereocenters. The van der Waals surface area contributed by atoms with E-state index in [2.05, 4.69) is 4.98 Å². The Kier molecular flexibility index (Phi) is 7.24. The average molecular weight is 518 g/mol. The van der Waals surface area contributed by atoms with Crippen LogP contribution in [-0.4, -0.2) is 82.7 Å². The zero-order valence-corrected chi connectivity index (χ0v) is 21.2. The third-order valence-corrected chi connectivity index (χ3v) is 7.63. The molecule has 0 aliphatic carbocycles. The number of hydrogen-bond acceptors (Lipinski definition) is 5. The lowest BCUT2D eigenvalue weighted by molar-refractivity contribution is -0.0437. The molecule has 6 nitrogen and oxygen atoms in total. The van der Waals surface area contributed by atoms with Gasteiger partial charge in [0.2, 0.25) is 0 Å². The number of aromatic nitrogens is 1. The molecule has 3 heterocycles. The van der Waals surface area contributed by atoms with Gasteiger partial charge in [0.05, 0.1) is 24.9 Å². The highest BCUT2D eigenvalue weighted by Crippen LogP contribution is 2.43. The van der Waals surface area contributed by atoms with Crippen molar-refractivity contribution in [1.29, 1.82) is 0 Å². The normalized spacial score (nSPS) is 22.6. The van der Waals surface area contributed by atoms with Crippen molar-refractivity contribution in [2.24, 2.45) is 5.92 Å². The van der Waals surface area contributed by atoms with E-state index < -0.39 is 29.9 Å². The van der Waals surface area contributed by atoms with Crippen LogP contribution in [0.1, 0.15) is 36.7 Å². The summed E-state index contributed by atoms with van der Waals surface area (Å²) in [4.78, 5) is 7.26. The van der Waals surface area contributed by atoms with Crippen molar-refractivity contribution < 1.29 is 28.1 Å². The quantitative estimate of drug-likeness (QED) is 0.403. The van der Waals surface area contributed by atoms with E-state index in [1.807, 2.05) is 41.0 Å². The van der Waals surface area contributed by atoms with Crippen LogP contribution in [-0.2, 0) is 6.42 Å². The molecule has 0 saturated carbocycles. The lowest BCUT2D eigenvalue weighted by Gasteiger charge is -2.43. The van der Waals surface area contributed by atoms with Crippen LogP contribution >= 0.6 is 0 Å². The smallest absolute Gasteiger partial charge is 0.135 e. The second-order valence-electron chi connectivity index (χ2n) is 10.8. The Hall–Kier alpha value is -2.59. The Labute approximate surface area is 214 Å². The maximum absolute atomic E-state index is 15.7. The van der Waals surface area contributed by atoms with E-state index >= 15 is 8.78 Å². The number of nitrogens with zero attached hydrogens (tertiary/aromatic N) is 2. The van der Waals surface area contributed by atoms with Gasteiger partial charge < -0.3 is 19.9 Å². The number of ether oxygens (including phenoxy) is 1. The number of aromatic amines is 1. The Morgan fingerprint density at radius 1 is 1.16 bits per heavy atom. The molecule has 3 N–H and O–H groups in total.